The van der Waals surface area contributed by atoms with Crippen molar-refractivity contribution in [3.63, 3.8) is 0 Å². The van der Waals surface area contributed by atoms with Crippen LogP contribution in [0.3, 0.4) is 0 Å². The van der Waals surface area contributed by atoms with Crippen molar-refractivity contribution >= 4 is 11.9 Å². The van der Waals surface area contributed by atoms with E-state index in [1.165, 1.54) is 0 Å². The number of carboxylic acid groups (broad SMARTS) is 2. The van der Waals surface area contributed by atoms with E-state index in [1.807, 2.05) is 0 Å². The zero-order valence-electron chi connectivity index (χ0n) is 10.1. The predicted molar refractivity (Wildman–Crippen MR) is 60.7 cm³/mol. The molecule has 1 saturated heterocycles. The lowest BCUT2D eigenvalue weighted by Gasteiger charge is -2.25. The Morgan fingerprint density at radius 1 is 1.12 bits per heavy atom. The molecule has 0 unspecified atom stereocenters. The maximum Gasteiger partial charge on any atom is 0.332 e. The molecule has 1 rings (SSSR count). The predicted octanol–water partition coefficient (Wildman–Crippen LogP) is 1.53. The second-order valence-corrected chi connectivity index (χ2v) is 4.48. The maximum atomic E-state index is 11.3. The largest absolute Gasteiger partial charge is 0.478 e. The Balaban J connectivity index is 3.15. The Labute approximate surface area is 100 Å². The van der Waals surface area contributed by atoms with E-state index in [4.69, 9.17) is 9.84 Å². The van der Waals surface area contributed by atoms with Gasteiger partial charge in [0.15, 0.2) is 0 Å². The summed E-state index contributed by atoms with van der Waals surface area (Å²) in [4.78, 5) is 22.5. The van der Waals surface area contributed by atoms with Crippen LogP contribution >= 0.6 is 0 Å². The molecule has 0 amide bonds. The van der Waals surface area contributed by atoms with E-state index in [0.29, 0.717) is 26.1 Å². The molecule has 0 bridgehead atoms. The minimum absolute atomic E-state index is 0.0180. The van der Waals surface area contributed by atoms with Crippen LogP contribution in [0.25, 0.3) is 0 Å². The summed E-state index contributed by atoms with van der Waals surface area (Å²) < 4.78 is 5.17. The molecular formula is C12H18O5. The SMILES string of the molecule is CC(C)/C(C(=O)O)=C(/C(=O)O)C1CCOCC1. The first-order valence-electron chi connectivity index (χ1n) is 5.73. The molecule has 1 aliphatic heterocycles. The van der Waals surface area contributed by atoms with Crippen molar-refractivity contribution in [3.8, 4) is 0 Å². The zero-order valence-corrected chi connectivity index (χ0v) is 10.1. The van der Waals surface area contributed by atoms with Gasteiger partial charge in [-0.1, -0.05) is 13.8 Å². The van der Waals surface area contributed by atoms with Crippen LogP contribution in [0.15, 0.2) is 11.1 Å². The Morgan fingerprint density at radius 3 is 2.00 bits per heavy atom. The van der Waals surface area contributed by atoms with Crippen molar-refractivity contribution in [2.24, 2.45) is 11.8 Å². The van der Waals surface area contributed by atoms with Gasteiger partial charge in [0.05, 0.1) is 11.1 Å². The van der Waals surface area contributed by atoms with Gasteiger partial charge in [-0.15, -0.1) is 0 Å². The summed E-state index contributed by atoms with van der Waals surface area (Å²) in [5, 5.41) is 18.4. The number of hydrogen-bond acceptors (Lipinski definition) is 3. The van der Waals surface area contributed by atoms with E-state index in [1.54, 1.807) is 13.8 Å². The van der Waals surface area contributed by atoms with Gasteiger partial charge >= 0.3 is 11.9 Å². The van der Waals surface area contributed by atoms with E-state index < -0.39 is 11.9 Å². The van der Waals surface area contributed by atoms with Crippen LogP contribution in [0.5, 0.6) is 0 Å². The summed E-state index contributed by atoms with van der Waals surface area (Å²) in [6.07, 6.45) is 1.15. The molecule has 2 N–H and O–H groups in total. The average molecular weight is 242 g/mol. The fourth-order valence-electron chi connectivity index (χ4n) is 2.17. The highest BCUT2D eigenvalue weighted by Crippen LogP contribution is 2.29. The van der Waals surface area contributed by atoms with Crippen LogP contribution in [-0.2, 0) is 14.3 Å². The molecule has 0 spiro atoms. The number of hydrogen-bond donors (Lipinski definition) is 2. The van der Waals surface area contributed by atoms with Crippen LogP contribution in [0.1, 0.15) is 26.7 Å². The Hall–Kier alpha value is -1.36. The maximum absolute atomic E-state index is 11.3. The molecule has 0 radical (unpaired) electrons. The normalized spacial score (nSPS) is 19.0. The standard InChI is InChI=1S/C12H18O5/c1-7(2)9(11(13)14)10(12(15)16)8-3-5-17-6-4-8/h7-8H,3-6H2,1-2H3,(H,13,14)(H,15,16)/b10-9-. The Bertz CT molecular complexity index is 337. The van der Waals surface area contributed by atoms with Gasteiger partial charge < -0.3 is 14.9 Å². The smallest absolute Gasteiger partial charge is 0.332 e. The first-order valence-corrected chi connectivity index (χ1v) is 5.73. The molecule has 0 aromatic heterocycles. The topological polar surface area (TPSA) is 83.8 Å². The lowest BCUT2D eigenvalue weighted by molar-refractivity contribution is -0.137. The van der Waals surface area contributed by atoms with E-state index in [2.05, 4.69) is 0 Å². The van der Waals surface area contributed by atoms with Gasteiger partial charge in [0.25, 0.3) is 0 Å². The molecule has 17 heavy (non-hydrogen) atoms. The second kappa shape index (κ2) is 5.82. The van der Waals surface area contributed by atoms with Gasteiger partial charge in [0, 0.05) is 13.2 Å². The summed E-state index contributed by atoms with van der Waals surface area (Å²) in [6.45, 7) is 4.39. The first kappa shape index (κ1) is 13.7. The fraction of sp³-hybridized carbons (Fsp3) is 0.667. The fourth-order valence-corrected chi connectivity index (χ4v) is 2.17. The highest BCUT2D eigenvalue weighted by Gasteiger charge is 2.30. The Morgan fingerprint density at radius 2 is 1.65 bits per heavy atom. The van der Waals surface area contributed by atoms with E-state index >= 15 is 0 Å². The minimum Gasteiger partial charge on any atom is -0.478 e. The van der Waals surface area contributed by atoms with Crippen molar-refractivity contribution in [1.82, 2.24) is 0 Å². The van der Waals surface area contributed by atoms with Gasteiger partial charge in [-0.3, -0.25) is 0 Å². The molecule has 0 atom stereocenters. The summed E-state index contributed by atoms with van der Waals surface area (Å²) in [7, 11) is 0. The van der Waals surface area contributed by atoms with Crippen molar-refractivity contribution < 1.29 is 24.5 Å². The summed E-state index contributed by atoms with van der Waals surface area (Å²) in [6, 6.07) is 0. The first-order chi connectivity index (χ1) is 7.95. The number of ether oxygens (including phenoxy) is 1. The Kier molecular flexibility index (Phi) is 4.69. The molecule has 5 heteroatoms. The van der Waals surface area contributed by atoms with Crippen molar-refractivity contribution in [1.29, 1.82) is 0 Å². The molecule has 0 aromatic carbocycles. The van der Waals surface area contributed by atoms with E-state index in [9.17, 15) is 14.7 Å². The van der Waals surface area contributed by atoms with Crippen molar-refractivity contribution in [2.45, 2.75) is 26.7 Å². The molecule has 0 aliphatic carbocycles. The molecule has 1 aliphatic rings. The summed E-state index contributed by atoms with van der Waals surface area (Å²) >= 11 is 0. The third-order valence-corrected chi connectivity index (χ3v) is 2.96. The molecule has 96 valence electrons. The third-order valence-electron chi connectivity index (χ3n) is 2.96. The highest BCUT2D eigenvalue weighted by atomic mass is 16.5. The van der Waals surface area contributed by atoms with Gasteiger partial charge in [-0.25, -0.2) is 9.59 Å². The minimum atomic E-state index is -1.14. The summed E-state index contributed by atoms with van der Waals surface area (Å²) in [5.41, 5.74) is 0.0696. The average Bonchev–Trinajstić information content (AvgIpc) is 2.25. The van der Waals surface area contributed by atoms with E-state index in [-0.39, 0.29) is 23.0 Å². The monoisotopic (exact) mass is 242 g/mol. The number of aliphatic carboxylic acids is 2. The zero-order chi connectivity index (χ0) is 13.0. The van der Waals surface area contributed by atoms with Crippen molar-refractivity contribution in [2.75, 3.05) is 13.2 Å². The van der Waals surface area contributed by atoms with E-state index in [0.717, 1.165) is 0 Å². The van der Waals surface area contributed by atoms with Crippen LogP contribution in [0.4, 0.5) is 0 Å². The molecule has 0 saturated carbocycles. The quantitative estimate of drug-likeness (QED) is 0.730. The number of rotatable bonds is 4. The van der Waals surface area contributed by atoms with Gasteiger partial charge in [0.1, 0.15) is 0 Å². The molecule has 1 heterocycles. The lowest BCUT2D eigenvalue weighted by atomic mass is 9.84. The van der Waals surface area contributed by atoms with Crippen LogP contribution in [0, 0.1) is 11.8 Å². The molecular weight excluding hydrogens is 224 g/mol. The summed E-state index contributed by atoms with van der Waals surface area (Å²) in [5.74, 6) is -2.77. The number of carboxylic acids is 2. The molecule has 5 nitrogen and oxygen atoms in total. The van der Waals surface area contributed by atoms with Crippen LogP contribution in [0.2, 0.25) is 0 Å². The van der Waals surface area contributed by atoms with Crippen molar-refractivity contribution in [3.05, 3.63) is 11.1 Å². The van der Waals surface area contributed by atoms with Gasteiger partial charge in [-0.05, 0) is 24.7 Å². The van der Waals surface area contributed by atoms with Crippen LogP contribution < -0.4 is 0 Å². The van der Waals surface area contributed by atoms with Crippen LogP contribution in [-0.4, -0.2) is 35.4 Å². The lowest BCUT2D eigenvalue weighted by Crippen LogP contribution is -2.26. The highest BCUT2D eigenvalue weighted by molar-refractivity contribution is 5.99. The second-order valence-electron chi connectivity index (χ2n) is 4.48. The van der Waals surface area contributed by atoms with Gasteiger partial charge in [-0.2, -0.15) is 0 Å². The molecule has 1 fully saturated rings. The van der Waals surface area contributed by atoms with Gasteiger partial charge in [0.2, 0.25) is 0 Å². The number of carbonyl (C=O) groups is 2. The third kappa shape index (κ3) is 3.30. The molecule has 0 aromatic rings.